The van der Waals surface area contributed by atoms with Crippen molar-refractivity contribution in [2.24, 2.45) is 0 Å². The lowest BCUT2D eigenvalue weighted by molar-refractivity contribution is 0.0244. The van der Waals surface area contributed by atoms with Crippen LogP contribution >= 0.6 is 0 Å². The van der Waals surface area contributed by atoms with Crippen LogP contribution in [0.1, 0.15) is 18.4 Å². The third kappa shape index (κ3) is 2.55. The Morgan fingerprint density at radius 2 is 1.95 bits per heavy atom. The maximum atomic E-state index is 9.35. The van der Waals surface area contributed by atoms with Crippen molar-refractivity contribution in [3.63, 3.8) is 0 Å². The fourth-order valence-corrected chi connectivity index (χ4v) is 2.40. The molecule has 4 nitrogen and oxygen atoms in total. The van der Waals surface area contributed by atoms with E-state index in [9.17, 15) is 5.11 Å². The highest BCUT2D eigenvalue weighted by Gasteiger charge is 2.17. The second-order valence-electron chi connectivity index (χ2n) is 4.72. The number of nitrogens with zero attached hydrogens (tertiary/aromatic N) is 1. The molecule has 0 unspecified atom stereocenters. The van der Waals surface area contributed by atoms with E-state index in [1.54, 1.807) is 6.20 Å². The molecule has 3 rings (SSSR count). The molecule has 1 aliphatic heterocycles. The van der Waals surface area contributed by atoms with E-state index in [0.29, 0.717) is 5.88 Å². The van der Waals surface area contributed by atoms with Gasteiger partial charge in [0.1, 0.15) is 6.10 Å². The van der Waals surface area contributed by atoms with Crippen molar-refractivity contribution in [3.8, 4) is 5.88 Å². The minimum Gasteiger partial charge on any atom is -0.474 e. The van der Waals surface area contributed by atoms with Gasteiger partial charge in [-0.2, -0.15) is 0 Å². The summed E-state index contributed by atoms with van der Waals surface area (Å²) < 4.78 is 11.3. The van der Waals surface area contributed by atoms with Gasteiger partial charge in [-0.15, -0.1) is 0 Å². The number of hydrogen-bond donors (Lipinski definition) is 1. The predicted octanol–water partition coefficient (Wildman–Crippen LogP) is 2.28. The number of rotatable bonds is 3. The normalized spacial score (nSPS) is 16.7. The fourth-order valence-electron chi connectivity index (χ4n) is 2.40. The third-order valence-corrected chi connectivity index (χ3v) is 3.46. The summed E-state index contributed by atoms with van der Waals surface area (Å²) in [5.74, 6) is 0.653. The molecule has 1 aliphatic rings. The molecule has 0 saturated carbocycles. The molecular weight excluding hydrogens is 242 g/mol. The molecule has 1 fully saturated rings. The highest BCUT2D eigenvalue weighted by molar-refractivity contribution is 5.89. The molecule has 4 heteroatoms. The van der Waals surface area contributed by atoms with Gasteiger partial charge in [0.25, 0.3) is 0 Å². The van der Waals surface area contributed by atoms with Crippen molar-refractivity contribution < 1.29 is 14.6 Å². The quantitative estimate of drug-likeness (QED) is 0.918. The maximum Gasteiger partial charge on any atom is 0.221 e. The van der Waals surface area contributed by atoms with Crippen molar-refractivity contribution in [1.29, 1.82) is 0 Å². The molecule has 0 spiro atoms. The fraction of sp³-hybridized carbons (Fsp3) is 0.400. The lowest BCUT2D eigenvalue weighted by atomic mass is 10.1. The minimum atomic E-state index is -0.00887. The highest BCUT2D eigenvalue weighted by atomic mass is 16.5. The van der Waals surface area contributed by atoms with Crippen LogP contribution in [0.5, 0.6) is 5.88 Å². The number of fused-ring (bicyclic) bond motifs is 1. The monoisotopic (exact) mass is 259 g/mol. The molecule has 2 aromatic rings. The zero-order valence-corrected chi connectivity index (χ0v) is 10.7. The minimum absolute atomic E-state index is 0.00887. The topological polar surface area (TPSA) is 51.6 Å². The molecule has 0 amide bonds. The Balaban J connectivity index is 1.94. The van der Waals surface area contributed by atoms with Crippen LogP contribution in [0, 0.1) is 0 Å². The lowest BCUT2D eigenvalue weighted by Gasteiger charge is -2.23. The number of aliphatic hydroxyl groups excluding tert-OH is 1. The van der Waals surface area contributed by atoms with Gasteiger partial charge in [0.15, 0.2) is 0 Å². The van der Waals surface area contributed by atoms with Crippen molar-refractivity contribution in [3.05, 3.63) is 36.0 Å². The average Bonchev–Trinajstić information content (AvgIpc) is 2.49. The van der Waals surface area contributed by atoms with Crippen LogP contribution in [-0.2, 0) is 11.3 Å². The van der Waals surface area contributed by atoms with Crippen molar-refractivity contribution in [2.45, 2.75) is 25.6 Å². The van der Waals surface area contributed by atoms with Gasteiger partial charge in [-0.1, -0.05) is 18.2 Å². The van der Waals surface area contributed by atoms with Gasteiger partial charge in [-0.05, 0) is 11.5 Å². The Hall–Kier alpha value is -1.65. The predicted molar refractivity (Wildman–Crippen MR) is 72.1 cm³/mol. The second-order valence-corrected chi connectivity index (χ2v) is 4.72. The van der Waals surface area contributed by atoms with Gasteiger partial charge in [0.2, 0.25) is 5.88 Å². The summed E-state index contributed by atoms with van der Waals surface area (Å²) in [6.07, 6.45) is 3.66. The molecule has 0 bridgehead atoms. The summed E-state index contributed by atoms with van der Waals surface area (Å²) in [5.41, 5.74) is 0.829. The molecule has 1 aromatic heterocycles. The summed E-state index contributed by atoms with van der Waals surface area (Å²) in [4.78, 5) is 4.35. The van der Waals surface area contributed by atoms with Crippen LogP contribution in [0.2, 0.25) is 0 Å². The van der Waals surface area contributed by atoms with Gasteiger partial charge in [-0.25, -0.2) is 4.98 Å². The molecule has 19 heavy (non-hydrogen) atoms. The number of aromatic nitrogens is 1. The van der Waals surface area contributed by atoms with E-state index in [1.807, 2.05) is 24.3 Å². The van der Waals surface area contributed by atoms with Crippen molar-refractivity contribution >= 4 is 10.8 Å². The van der Waals surface area contributed by atoms with Gasteiger partial charge in [0.05, 0.1) is 19.8 Å². The van der Waals surface area contributed by atoms with Gasteiger partial charge >= 0.3 is 0 Å². The first-order valence-electron chi connectivity index (χ1n) is 6.60. The van der Waals surface area contributed by atoms with Crippen LogP contribution in [0.15, 0.2) is 30.5 Å². The number of aliphatic hydroxyl groups is 1. The third-order valence-electron chi connectivity index (χ3n) is 3.46. The van der Waals surface area contributed by atoms with Gasteiger partial charge in [-0.3, -0.25) is 0 Å². The maximum absolute atomic E-state index is 9.35. The molecule has 0 atom stereocenters. The van der Waals surface area contributed by atoms with E-state index in [2.05, 4.69) is 4.98 Å². The first-order chi connectivity index (χ1) is 9.38. The number of ether oxygens (including phenoxy) is 2. The average molecular weight is 259 g/mol. The molecule has 100 valence electrons. The molecule has 1 N–H and O–H groups in total. The SMILES string of the molecule is OCc1cnc(OC2CCOCC2)c2ccccc12. The zero-order valence-electron chi connectivity index (χ0n) is 10.7. The zero-order chi connectivity index (χ0) is 13.1. The smallest absolute Gasteiger partial charge is 0.221 e. The Bertz CT molecular complexity index is 564. The molecule has 1 aromatic carbocycles. The Labute approximate surface area is 112 Å². The van der Waals surface area contributed by atoms with E-state index >= 15 is 0 Å². The van der Waals surface area contributed by atoms with Crippen LogP contribution in [0.4, 0.5) is 0 Å². The van der Waals surface area contributed by atoms with E-state index in [4.69, 9.17) is 9.47 Å². The lowest BCUT2D eigenvalue weighted by Crippen LogP contribution is -2.26. The van der Waals surface area contributed by atoms with Gasteiger partial charge in [0, 0.05) is 30.0 Å². The van der Waals surface area contributed by atoms with Crippen LogP contribution < -0.4 is 4.74 Å². The molecule has 0 radical (unpaired) electrons. The first kappa shape index (κ1) is 12.4. The van der Waals surface area contributed by atoms with Crippen molar-refractivity contribution in [1.82, 2.24) is 4.98 Å². The van der Waals surface area contributed by atoms with E-state index in [0.717, 1.165) is 42.4 Å². The largest absolute Gasteiger partial charge is 0.474 e. The Kier molecular flexibility index (Phi) is 3.62. The number of pyridine rings is 1. The van der Waals surface area contributed by atoms with E-state index in [1.165, 1.54) is 0 Å². The molecule has 0 aliphatic carbocycles. The van der Waals surface area contributed by atoms with Crippen molar-refractivity contribution in [2.75, 3.05) is 13.2 Å². The van der Waals surface area contributed by atoms with E-state index in [-0.39, 0.29) is 12.7 Å². The molecule has 2 heterocycles. The van der Waals surface area contributed by atoms with Crippen LogP contribution in [-0.4, -0.2) is 29.4 Å². The van der Waals surface area contributed by atoms with Crippen LogP contribution in [0.3, 0.4) is 0 Å². The standard InChI is InChI=1S/C15H17NO3/c17-10-11-9-16-15(14-4-2-1-3-13(11)14)19-12-5-7-18-8-6-12/h1-4,9,12,17H,5-8,10H2. The first-order valence-corrected chi connectivity index (χ1v) is 6.60. The Morgan fingerprint density at radius 3 is 2.68 bits per heavy atom. The van der Waals surface area contributed by atoms with Gasteiger partial charge < -0.3 is 14.6 Å². The summed E-state index contributed by atoms with van der Waals surface area (Å²) in [5, 5.41) is 11.3. The van der Waals surface area contributed by atoms with E-state index < -0.39 is 0 Å². The molecular formula is C15H17NO3. The molecule has 1 saturated heterocycles. The summed E-state index contributed by atoms with van der Waals surface area (Å²) >= 11 is 0. The summed E-state index contributed by atoms with van der Waals surface area (Å²) in [7, 11) is 0. The summed E-state index contributed by atoms with van der Waals surface area (Å²) in [6.45, 7) is 1.49. The van der Waals surface area contributed by atoms with Crippen LogP contribution in [0.25, 0.3) is 10.8 Å². The number of hydrogen-bond acceptors (Lipinski definition) is 4. The Morgan fingerprint density at radius 1 is 1.21 bits per heavy atom. The summed E-state index contributed by atoms with van der Waals surface area (Å²) in [6, 6.07) is 7.89. The second kappa shape index (κ2) is 5.55. The number of benzene rings is 1. The highest BCUT2D eigenvalue weighted by Crippen LogP contribution is 2.28.